The van der Waals surface area contributed by atoms with Crippen LogP contribution in [0.1, 0.15) is 80.0 Å². The quantitative estimate of drug-likeness (QED) is 0.724. The molecular weight excluding hydrogens is 338 g/mol. The Morgan fingerprint density at radius 2 is 1.92 bits per heavy atom. The number of aromatic nitrogens is 3. The lowest BCUT2D eigenvalue weighted by Gasteiger charge is -2.23. The maximum absolute atomic E-state index is 12.3. The van der Waals surface area contributed by atoms with Crippen molar-refractivity contribution in [3.05, 3.63) is 11.4 Å². The second-order valence-corrected chi connectivity index (χ2v) is 7.35. The van der Waals surface area contributed by atoms with E-state index in [0.717, 1.165) is 50.5 Å². The van der Waals surface area contributed by atoms with Crippen LogP contribution in [0.4, 0.5) is 0 Å². The van der Waals surface area contributed by atoms with Gasteiger partial charge < -0.3 is 10.6 Å². The van der Waals surface area contributed by atoms with Gasteiger partial charge in [-0.3, -0.25) is 4.79 Å². The third-order valence-electron chi connectivity index (χ3n) is 5.60. The van der Waals surface area contributed by atoms with E-state index < -0.39 is 0 Å². The van der Waals surface area contributed by atoms with Gasteiger partial charge in [-0.15, -0.1) is 17.5 Å². The van der Waals surface area contributed by atoms with Crippen molar-refractivity contribution in [2.24, 2.45) is 5.92 Å². The number of rotatable bonds is 7. The summed E-state index contributed by atoms with van der Waals surface area (Å²) in [5.74, 6) is 0.862. The van der Waals surface area contributed by atoms with Crippen molar-refractivity contribution in [2.75, 3.05) is 19.6 Å². The highest BCUT2D eigenvalue weighted by molar-refractivity contribution is 5.93. The predicted octanol–water partition coefficient (Wildman–Crippen LogP) is 3.02. The van der Waals surface area contributed by atoms with E-state index >= 15 is 0 Å². The number of halogens is 1. The molecule has 7 heteroatoms. The van der Waals surface area contributed by atoms with Crippen LogP contribution in [0.2, 0.25) is 0 Å². The molecule has 0 aromatic carbocycles. The molecule has 1 amide bonds. The van der Waals surface area contributed by atoms with Crippen LogP contribution >= 0.6 is 12.4 Å². The van der Waals surface area contributed by atoms with E-state index in [1.54, 1.807) is 0 Å². The SMILES string of the molecule is Cc1c(C(=O)NCCCCC2CCCC2)nnn1C1CCNCC1.Cl. The maximum Gasteiger partial charge on any atom is 0.273 e. The first-order valence-electron chi connectivity index (χ1n) is 9.66. The topological polar surface area (TPSA) is 71.8 Å². The molecule has 142 valence electrons. The minimum Gasteiger partial charge on any atom is -0.351 e. The summed E-state index contributed by atoms with van der Waals surface area (Å²) >= 11 is 0. The van der Waals surface area contributed by atoms with E-state index in [1.165, 1.54) is 38.5 Å². The van der Waals surface area contributed by atoms with Crippen molar-refractivity contribution in [1.29, 1.82) is 0 Å². The van der Waals surface area contributed by atoms with E-state index in [0.29, 0.717) is 11.7 Å². The number of unbranched alkanes of at least 4 members (excludes halogenated alkanes) is 1. The molecule has 1 aromatic rings. The third-order valence-corrected chi connectivity index (χ3v) is 5.60. The average Bonchev–Trinajstić information content (AvgIpc) is 3.25. The fourth-order valence-corrected chi connectivity index (χ4v) is 4.09. The van der Waals surface area contributed by atoms with Gasteiger partial charge in [-0.25, -0.2) is 4.68 Å². The van der Waals surface area contributed by atoms with Crippen LogP contribution in [-0.4, -0.2) is 40.5 Å². The molecule has 0 atom stereocenters. The van der Waals surface area contributed by atoms with Gasteiger partial charge in [-0.05, 0) is 45.2 Å². The molecule has 1 aliphatic heterocycles. The highest BCUT2D eigenvalue weighted by Gasteiger charge is 2.22. The van der Waals surface area contributed by atoms with E-state index in [2.05, 4.69) is 20.9 Å². The van der Waals surface area contributed by atoms with Gasteiger partial charge in [0.25, 0.3) is 5.91 Å². The Morgan fingerprint density at radius 3 is 2.64 bits per heavy atom. The Labute approximate surface area is 156 Å². The summed E-state index contributed by atoms with van der Waals surface area (Å²) in [5, 5.41) is 14.7. The minimum absolute atomic E-state index is 0. The molecule has 2 fully saturated rings. The van der Waals surface area contributed by atoms with Crippen LogP contribution in [0.15, 0.2) is 0 Å². The molecule has 0 bridgehead atoms. The average molecular weight is 370 g/mol. The van der Waals surface area contributed by atoms with Gasteiger partial charge in [-0.2, -0.15) is 0 Å². The summed E-state index contributed by atoms with van der Waals surface area (Å²) < 4.78 is 1.94. The number of hydrogen-bond acceptors (Lipinski definition) is 4. The maximum atomic E-state index is 12.3. The van der Waals surface area contributed by atoms with Gasteiger partial charge in [0.15, 0.2) is 5.69 Å². The van der Waals surface area contributed by atoms with E-state index in [1.807, 2.05) is 11.6 Å². The van der Waals surface area contributed by atoms with E-state index in [-0.39, 0.29) is 18.3 Å². The van der Waals surface area contributed by atoms with Crippen molar-refractivity contribution in [1.82, 2.24) is 25.6 Å². The van der Waals surface area contributed by atoms with E-state index in [9.17, 15) is 4.79 Å². The summed E-state index contributed by atoms with van der Waals surface area (Å²) in [6, 6.07) is 0.367. The van der Waals surface area contributed by atoms with Crippen molar-refractivity contribution < 1.29 is 4.79 Å². The Balaban J connectivity index is 0.00000225. The van der Waals surface area contributed by atoms with Gasteiger partial charge in [0.1, 0.15) is 0 Å². The molecule has 25 heavy (non-hydrogen) atoms. The predicted molar refractivity (Wildman–Crippen MR) is 101 cm³/mol. The summed E-state index contributed by atoms with van der Waals surface area (Å²) in [6.45, 7) is 4.71. The molecule has 1 saturated heterocycles. The van der Waals surface area contributed by atoms with Gasteiger partial charge >= 0.3 is 0 Å². The summed E-state index contributed by atoms with van der Waals surface area (Å²) in [6.07, 6.45) is 11.3. The second-order valence-electron chi connectivity index (χ2n) is 7.35. The van der Waals surface area contributed by atoms with Gasteiger partial charge in [0, 0.05) is 6.54 Å². The number of carbonyl (C=O) groups is 1. The van der Waals surface area contributed by atoms with Gasteiger partial charge in [0.2, 0.25) is 0 Å². The minimum atomic E-state index is -0.0754. The third kappa shape index (κ3) is 5.42. The van der Waals surface area contributed by atoms with Gasteiger partial charge in [-0.1, -0.05) is 43.7 Å². The normalized spacial score (nSPS) is 18.9. The first-order valence-corrected chi connectivity index (χ1v) is 9.66. The zero-order chi connectivity index (χ0) is 16.8. The molecule has 1 saturated carbocycles. The molecule has 2 N–H and O–H groups in total. The van der Waals surface area contributed by atoms with Crippen LogP contribution in [0.25, 0.3) is 0 Å². The van der Waals surface area contributed by atoms with Crippen LogP contribution < -0.4 is 10.6 Å². The fraction of sp³-hybridized carbons (Fsp3) is 0.833. The molecular formula is C18H32ClN5O. The Morgan fingerprint density at radius 1 is 1.20 bits per heavy atom. The smallest absolute Gasteiger partial charge is 0.273 e. The molecule has 0 unspecified atom stereocenters. The van der Waals surface area contributed by atoms with Crippen LogP contribution in [0.3, 0.4) is 0 Å². The summed E-state index contributed by atoms with van der Waals surface area (Å²) in [7, 11) is 0. The molecule has 2 heterocycles. The molecule has 1 aliphatic carbocycles. The van der Waals surface area contributed by atoms with Crippen molar-refractivity contribution in [3.8, 4) is 0 Å². The number of amides is 1. The van der Waals surface area contributed by atoms with Crippen molar-refractivity contribution in [3.63, 3.8) is 0 Å². The summed E-state index contributed by atoms with van der Waals surface area (Å²) in [4.78, 5) is 12.3. The van der Waals surface area contributed by atoms with Gasteiger partial charge in [0.05, 0.1) is 11.7 Å². The highest BCUT2D eigenvalue weighted by atomic mass is 35.5. The van der Waals surface area contributed by atoms with Crippen LogP contribution in [0.5, 0.6) is 0 Å². The number of hydrogen-bond donors (Lipinski definition) is 2. The highest BCUT2D eigenvalue weighted by Crippen LogP contribution is 2.28. The summed E-state index contributed by atoms with van der Waals surface area (Å²) in [5.41, 5.74) is 1.38. The molecule has 3 rings (SSSR count). The number of nitrogens with zero attached hydrogens (tertiary/aromatic N) is 3. The number of carbonyl (C=O) groups excluding carboxylic acids is 1. The van der Waals surface area contributed by atoms with Crippen LogP contribution in [0, 0.1) is 12.8 Å². The lowest BCUT2D eigenvalue weighted by Crippen LogP contribution is -2.30. The lowest BCUT2D eigenvalue weighted by molar-refractivity contribution is 0.0947. The standard InChI is InChI=1S/C18H31N5O.ClH/c1-14-17(21-22-23(14)16-9-12-19-13-10-16)18(24)20-11-5-4-8-15-6-2-3-7-15;/h15-16,19H,2-13H2,1H3,(H,20,24);1H. The number of piperidine rings is 1. The zero-order valence-corrected chi connectivity index (χ0v) is 16.1. The molecule has 0 radical (unpaired) electrons. The lowest BCUT2D eigenvalue weighted by atomic mass is 10.0. The van der Waals surface area contributed by atoms with Crippen LogP contribution in [-0.2, 0) is 0 Å². The van der Waals surface area contributed by atoms with E-state index in [4.69, 9.17) is 0 Å². The van der Waals surface area contributed by atoms with Crippen molar-refractivity contribution in [2.45, 2.75) is 70.8 Å². The fourth-order valence-electron chi connectivity index (χ4n) is 4.09. The monoisotopic (exact) mass is 369 g/mol. The Kier molecular flexibility index (Phi) is 8.16. The zero-order valence-electron chi connectivity index (χ0n) is 15.3. The largest absolute Gasteiger partial charge is 0.351 e. The second kappa shape index (κ2) is 10.1. The Hall–Kier alpha value is -1.14. The first-order chi connectivity index (χ1) is 11.8. The molecule has 6 nitrogen and oxygen atoms in total. The molecule has 1 aromatic heterocycles. The Bertz CT molecular complexity index is 536. The molecule has 0 spiro atoms. The molecule has 2 aliphatic rings. The first kappa shape index (κ1) is 20.2. The van der Waals surface area contributed by atoms with Crippen molar-refractivity contribution >= 4 is 18.3 Å². The number of nitrogens with one attached hydrogen (secondary N) is 2.